The first-order valence-electron chi connectivity index (χ1n) is 9.63. The second-order valence-corrected chi connectivity index (χ2v) is 7.71. The molecule has 1 amide bonds. The van der Waals surface area contributed by atoms with Crippen LogP contribution in [-0.4, -0.2) is 29.5 Å². The molecule has 2 rings (SSSR count). The first-order chi connectivity index (χ1) is 12.7. The van der Waals surface area contributed by atoms with E-state index in [2.05, 4.69) is 17.2 Å². The fourth-order valence-electron chi connectivity index (χ4n) is 2.90. The van der Waals surface area contributed by atoms with Gasteiger partial charge in [-0.3, -0.25) is 0 Å². The summed E-state index contributed by atoms with van der Waals surface area (Å²) in [6.07, 6.45) is 2.95. The van der Waals surface area contributed by atoms with Crippen LogP contribution in [0.1, 0.15) is 71.9 Å². The molecule has 0 aliphatic carbocycles. The van der Waals surface area contributed by atoms with E-state index in [1.165, 1.54) is 0 Å². The van der Waals surface area contributed by atoms with Crippen LogP contribution < -0.4 is 5.32 Å². The number of nitrogens with one attached hydrogen (secondary N) is 1. The summed E-state index contributed by atoms with van der Waals surface area (Å²) >= 11 is 0. The Morgan fingerprint density at radius 3 is 2.56 bits per heavy atom. The molecule has 6 heteroatoms. The van der Waals surface area contributed by atoms with Gasteiger partial charge in [-0.25, -0.2) is 14.6 Å². The molecule has 1 aromatic rings. The number of hydrogen-bond acceptors (Lipinski definition) is 5. The smallest absolute Gasteiger partial charge is 0.408 e. The van der Waals surface area contributed by atoms with Gasteiger partial charge in [-0.2, -0.15) is 0 Å². The zero-order chi connectivity index (χ0) is 20.0. The van der Waals surface area contributed by atoms with Crippen molar-refractivity contribution in [2.45, 2.75) is 78.0 Å². The Bertz CT molecular complexity index is 706. The van der Waals surface area contributed by atoms with Crippen molar-refractivity contribution >= 4 is 23.5 Å². The van der Waals surface area contributed by atoms with Crippen LogP contribution in [0.3, 0.4) is 0 Å². The van der Waals surface area contributed by atoms with Gasteiger partial charge in [0, 0.05) is 5.56 Å². The maximum Gasteiger partial charge on any atom is 0.408 e. The Kier molecular flexibility index (Phi) is 6.99. The van der Waals surface area contributed by atoms with Gasteiger partial charge < -0.3 is 14.8 Å². The number of benzene rings is 1. The van der Waals surface area contributed by atoms with Gasteiger partial charge in [0.2, 0.25) is 0 Å². The number of fused-ring (bicyclic) bond motifs is 1. The lowest BCUT2D eigenvalue weighted by atomic mass is 10.0. The SMILES string of the molecule is CCCCC(CC)OC(=O)NC1C(C(=O)OC(C)(C)C)=Nc2ccccc21. The normalized spacial score (nSPS) is 16.9. The molecule has 1 N–H and O–H groups in total. The highest BCUT2D eigenvalue weighted by molar-refractivity contribution is 6.40. The third-order valence-electron chi connectivity index (χ3n) is 4.24. The third-order valence-corrected chi connectivity index (χ3v) is 4.24. The molecule has 148 valence electrons. The van der Waals surface area contributed by atoms with Crippen molar-refractivity contribution in [2.75, 3.05) is 0 Å². The molecule has 0 fully saturated rings. The number of para-hydroxylation sites is 1. The van der Waals surface area contributed by atoms with Crippen molar-refractivity contribution in [3.05, 3.63) is 29.8 Å². The zero-order valence-electron chi connectivity index (χ0n) is 16.9. The third kappa shape index (κ3) is 5.81. The summed E-state index contributed by atoms with van der Waals surface area (Å²) in [5.74, 6) is -0.540. The first-order valence-corrected chi connectivity index (χ1v) is 9.63. The fraction of sp³-hybridized carbons (Fsp3) is 0.571. The Balaban J connectivity index is 2.15. The van der Waals surface area contributed by atoms with Crippen molar-refractivity contribution in [1.82, 2.24) is 5.32 Å². The number of unbranched alkanes of at least 4 members (excludes halogenated alkanes) is 1. The van der Waals surface area contributed by atoms with Crippen LogP contribution in [0.4, 0.5) is 10.5 Å². The van der Waals surface area contributed by atoms with Gasteiger partial charge in [0.1, 0.15) is 17.7 Å². The molecule has 0 radical (unpaired) electrons. The van der Waals surface area contributed by atoms with Crippen molar-refractivity contribution < 1.29 is 19.1 Å². The molecule has 1 aliphatic heterocycles. The molecule has 0 saturated carbocycles. The van der Waals surface area contributed by atoms with E-state index >= 15 is 0 Å². The maximum absolute atomic E-state index is 12.6. The topological polar surface area (TPSA) is 77.0 Å². The molecular formula is C21H30N2O4. The second-order valence-electron chi connectivity index (χ2n) is 7.71. The maximum atomic E-state index is 12.6. The highest BCUT2D eigenvalue weighted by Gasteiger charge is 2.36. The van der Waals surface area contributed by atoms with Gasteiger partial charge in [0.25, 0.3) is 0 Å². The number of hydrogen-bond donors (Lipinski definition) is 1. The van der Waals surface area contributed by atoms with Crippen LogP contribution in [0, 0.1) is 0 Å². The number of nitrogens with zero attached hydrogens (tertiary/aromatic N) is 1. The minimum atomic E-state index is -0.674. The average molecular weight is 374 g/mol. The predicted octanol–water partition coefficient (Wildman–Crippen LogP) is 4.85. The van der Waals surface area contributed by atoms with Gasteiger partial charge in [0.05, 0.1) is 5.69 Å². The van der Waals surface area contributed by atoms with Crippen molar-refractivity contribution in [3.8, 4) is 0 Å². The zero-order valence-corrected chi connectivity index (χ0v) is 16.9. The molecule has 2 atom stereocenters. The Labute approximate surface area is 161 Å². The minimum absolute atomic E-state index is 0.136. The van der Waals surface area contributed by atoms with Crippen LogP contribution in [0.15, 0.2) is 29.3 Å². The predicted molar refractivity (Wildman–Crippen MR) is 105 cm³/mol. The summed E-state index contributed by atoms with van der Waals surface area (Å²) in [4.78, 5) is 29.4. The van der Waals surface area contributed by atoms with Crippen LogP contribution in [0.25, 0.3) is 0 Å². The molecule has 1 heterocycles. The Morgan fingerprint density at radius 1 is 1.22 bits per heavy atom. The number of amides is 1. The lowest BCUT2D eigenvalue weighted by Gasteiger charge is -2.23. The fourth-order valence-corrected chi connectivity index (χ4v) is 2.90. The Morgan fingerprint density at radius 2 is 1.93 bits per heavy atom. The van der Waals surface area contributed by atoms with Gasteiger partial charge in [-0.1, -0.05) is 44.9 Å². The molecule has 1 aliphatic rings. The molecular weight excluding hydrogens is 344 g/mol. The monoisotopic (exact) mass is 374 g/mol. The van der Waals surface area contributed by atoms with E-state index in [1.807, 2.05) is 31.2 Å². The van der Waals surface area contributed by atoms with Crippen molar-refractivity contribution in [1.29, 1.82) is 0 Å². The van der Waals surface area contributed by atoms with E-state index in [4.69, 9.17) is 9.47 Å². The van der Waals surface area contributed by atoms with Gasteiger partial charge in [-0.05, 0) is 39.7 Å². The molecule has 0 saturated heterocycles. The summed E-state index contributed by atoms with van der Waals surface area (Å²) < 4.78 is 11.0. The summed E-state index contributed by atoms with van der Waals surface area (Å²) in [5.41, 5.74) is 0.940. The van der Waals surface area contributed by atoms with Crippen LogP contribution >= 0.6 is 0 Å². The number of rotatable bonds is 7. The first kappa shape index (κ1) is 20.9. The summed E-state index contributed by atoms with van der Waals surface area (Å²) in [6, 6.07) is 6.67. The van der Waals surface area contributed by atoms with E-state index in [0.717, 1.165) is 31.2 Å². The largest absolute Gasteiger partial charge is 0.455 e. The minimum Gasteiger partial charge on any atom is -0.455 e. The molecule has 1 aromatic carbocycles. The highest BCUT2D eigenvalue weighted by Crippen LogP contribution is 2.34. The molecule has 0 spiro atoms. The van der Waals surface area contributed by atoms with Gasteiger partial charge in [-0.15, -0.1) is 0 Å². The van der Waals surface area contributed by atoms with E-state index in [9.17, 15) is 9.59 Å². The average Bonchev–Trinajstić information content (AvgIpc) is 2.96. The van der Waals surface area contributed by atoms with Crippen LogP contribution in [0.2, 0.25) is 0 Å². The number of ether oxygens (including phenoxy) is 2. The molecule has 0 aromatic heterocycles. The summed E-state index contributed by atoms with van der Waals surface area (Å²) in [7, 11) is 0. The molecule has 6 nitrogen and oxygen atoms in total. The molecule has 2 unspecified atom stereocenters. The second kappa shape index (κ2) is 9.02. The van der Waals surface area contributed by atoms with Gasteiger partial charge in [0.15, 0.2) is 5.71 Å². The van der Waals surface area contributed by atoms with Crippen LogP contribution in [-0.2, 0) is 14.3 Å². The summed E-state index contributed by atoms with van der Waals surface area (Å²) in [5, 5.41) is 2.80. The van der Waals surface area contributed by atoms with E-state index in [-0.39, 0.29) is 11.8 Å². The van der Waals surface area contributed by atoms with E-state index in [0.29, 0.717) is 5.69 Å². The molecule has 27 heavy (non-hydrogen) atoms. The van der Waals surface area contributed by atoms with Gasteiger partial charge >= 0.3 is 12.1 Å². The lowest BCUT2D eigenvalue weighted by Crippen LogP contribution is -2.39. The Hall–Kier alpha value is -2.37. The number of carbonyl (C=O) groups is 2. The van der Waals surface area contributed by atoms with Crippen molar-refractivity contribution in [2.24, 2.45) is 4.99 Å². The van der Waals surface area contributed by atoms with E-state index in [1.54, 1.807) is 20.8 Å². The summed E-state index contributed by atoms with van der Waals surface area (Å²) in [6.45, 7) is 9.48. The highest BCUT2D eigenvalue weighted by atomic mass is 16.6. The number of alkyl carbamates (subject to hydrolysis) is 1. The lowest BCUT2D eigenvalue weighted by molar-refractivity contribution is -0.146. The van der Waals surface area contributed by atoms with Crippen LogP contribution in [0.5, 0.6) is 0 Å². The number of aliphatic imine (C=N–C) groups is 1. The quantitative estimate of drug-likeness (QED) is 0.692. The van der Waals surface area contributed by atoms with Crippen molar-refractivity contribution in [3.63, 3.8) is 0 Å². The standard InChI is InChI=1S/C21H30N2O4/c1-6-8-11-14(7-2)26-20(25)23-17-15-12-9-10-13-16(15)22-18(17)19(24)27-21(3,4)5/h9-10,12-14,17H,6-8,11H2,1-5H3,(H,23,25). The number of esters is 1. The molecule has 0 bridgehead atoms. The van der Waals surface area contributed by atoms with E-state index < -0.39 is 23.7 Å². The number of carbonyl (C=O) groups excluding carboxylic acids is 2.